The summed E-state index contributed by atoms with van der Waals surface area (Å²) in [5.74, 6) is 0.271. The van der Waals surface area contributed by atoms with E-state index in [1.54, 1.807) is 0 Å². The molecule has 1 fully saturated rings. The maximum Gasteiger partial charge on any atom is 0.287 e. The van der Waals surface area contributed by atoms with Gasteiger partial charge in [0.1, 0.15) is 10.7 Å². The van der Waals surface area contributed by atoms with Crippen LogP contribution >= 0.6 is 0 Å². The highest BCUT2D eigenvalue weighted by Gasteiger charge is 2.26. The Balaban J connectivity index is 2.05. The van der Waals surface area contributed by atoms with Gasteiger partial charge >= 0.3 is 0 Å². The molecule has 0 bridgehead atoms. The minimum absolute atomic E-state index is 0.0293. The van der Waals surface area contributed by atoms with Crippen LogP contribution in [0.3, 0.4) is 0 Å². The molecule has 1 aliphatic heterocycles. The van der Waals surface area contributed by atoms with Crippen molar-refractivity contribution in [2.24, 2.45) is 5.92 Å². The first-order valence-corrected chi connectivity index (χ1v) is 8.78. The molecule has 0 saturated carbocycles. The molecule has 22 heavy (non-hydrogen) atoms. The lowest BCUT2D eigenvalue weighted by Gasteiger charge is -2.22. The van der Waals surface area contributed by atoms with E-state index < -0.39 is 10.0 Å². The molecular weight excluding hydrogens is 306 g/mol. The van der Waals surface area contributed by atoms with Crippen LogP contribution in [0.2, 0.25) is 0 Å². The van der Waals surface area contributed by atoms with E-state index in [4.69, 9.17) is 4.42 Å². The van der Waals surface area contributed by atoms with Gasteiger partial charge < -0.3 is 15.1 Å². The number of piperidine rings is 1. The molecule has 124 valence electrons. The summed E-state index contributed by atoms with van der Waals surface area (Å²) in [6, 6.07) is 1.29. The van der Waals surface area contributed by atoms with E-state index in [-0.39, 0.29) is 22.3 Å². The molecule has 1 amide bonds. The van der Waals surface area contributed by atoms with Gasteiger partial charge in [-0.05, 0) is 38.8 Å². The van der Waals surface area contributed by atoms with E-state index in [1.807, 2.05) is 0 Å². The minimum Gasteiger partial charge on any atom is -0.455 e. The molecule has 7 nitrogen and oxygen atoms in total. The van der Waals surface area contributed by atoms with Gasteiger partial charge in [-0.25, -0.2) is 12.7 Å². The van der Waals surface area contributed by atoms with Crippen molar-refractivity contribution in [3.05, 3.63) is 17.6 Å². The zero-order chi connectivity index (χ0) is 16.3. The molecule has 0 spiro atoms. The number of nitrogens with zero attached hydrogens (tertiary/aromatic N) is 1. The standard InChI is InChI=1S/C14H23N3O4S/c1-10-13(22(19,20)17(2)3)7-12(21-10)14(18)16-9-11-5-4-6-15-8-11/h7,11,15H,4-6,8-9H2,1-3H3,(H,16,18). The van der Waals surface area contributed by atoms with Crippen LogP contribution in [-0.2, 0) is 10.0 Å². The van der Waals surface area contributed by atoms with Crippen LogP contribution in [0.25, 0.3) is 0 Å². The van der Waals surface area contributed by atoms with Crippen molar-refractivity contribution in [1.29, 1.82) is 0 Å². The highest BCUT2D eigenvalue weighted by Crippen LogP contribution is 2.22. The predicted molar refractivity (Wildman–Crippen MR) is 82.2 cm³/mol. The van der Waals surface area contributed by atoms with Crippen molar-refractivity contribution in [1.82, 2.24) is 14.9 Å². The van der Waals surface area contributed by atoms with Gasteiger partial charge in [-0.1, -0.05) is 0 Å². The van der Waals surface area contributed by atoms with Gasteiger partial charge in [-0.2, -0.15) is 0 Å². The summed E-state index contributed by atoms with van der Waals surface area (Å²) in [4.78, 5) is 12.1. The Morgan fingerprint density at radius 1 is 1.50 bits per heavy atom. The molecule has 8 heteroatoms. The molecule has 2 rings (SSSR count). The van der Waals surface area contributed by atoms with E-state index in [0.717, 1.165) is 30.2 Å². The van der Waals surface area contributed by atoms with Crippen molar-refractivity contribution in [2.45, 2.75) is 24.7 Å². The number of sulfonamides is 1. The van der Waals surface area contributed by atoms with E-state index in [0.29, 0.717) is 12.5 Å². The van der Waals surface area contributed by atoms with Crippen LogP contribution in [0.15, 0.2) is 15.4 Å². The average molecular weight is 329 g/mol. The molecule has 1 aromatic heterocycles. The zero-order valence-electron chi connectivity index (χ0n) is 13.2. The van der Waals surface area contributed by atoms with Crippen molar-refractivity contribution >= 4 is 15.9 Å². The van der Waals surface area contributed by atoms with Crippen LogP contribution in [-0.4, -0.2) is 52.4 Å². The number of carbonyl (C=O) groups is 1. The Morgan fingerprint density at radius 3 is 2.82 bits per heavy atom. The fraction of sp³-hybridized carbons (Fsp3) is 0.643. The lowest BCUT2D eigenvalue weighted by atomic mass is 10.00. The Bertz CT molecular complexity index is 631. The van der Waals surface area contributed by atoms with Crippen molar-refractivity contribution in [2.75, 3.05) is 33.7 Å². The summed E-state index contributed by atoms with van der Waals surface area (Å²) in [5.41, 5.74) is 0. The number of nitrogens with one attached hydrogen (secondary N) is 2. The quantitative estimate of drug-likeness (QED) is 0.824. The maximum atomic E-state index is 12.1. The smallest absolute Gasteiger partial charge is 0.287 e. The lowest BCUT2D eigenvalue weighted by molar-refractivity contribution is 0.0915. The number of aryl methyl sites for hydroxylation is 1. The third kappa shape index (κ3) is 3.68. The molecule has 1 unspecified atom stereocenters. The molecule has 0 radical (unpaired) electrons. The predicted octanol–water partition coefficient (Wildman–Crippen LogP) is 0.568. The van der Waals surface area contributed by atoms with Gasteiger partial charge in [0.25, 0.3) is 5.91 Å². The van der Waals surface area contributed by atoms with Gasteiger partial charge in [0.15, 0.2) is 5.76 Å². The molecule has 2 heterocycles. The summed E-state index contributed by atoms with van der Waals surface area (Å²) < 4.78 is 30.7. The first-order valence-electron chi connectivity index (χ1n) is 7.34. The average Bonchev–Trinajstić information content (AvgIpc) is 2.88. The third-order valence-electron chi connectivity index (χ3n) is 3.80. The number of rotatable bonds is 5. The summed E-state index contributed by atoms with van der Waals surface area (Å²) in [6.45, 7) is 4.00. The lowest BCUT2D eigenvalue weighted by Crippen LogP contribution is -2.38. The van der Waals surface area contributed by atoms with Crippen LogP contribution < -0.4 is 10.6 Å². The Morgan fingerprint density at radius 2 is 2.23 bits per heavy atom. The summed E-state index contributed by atoms with van der Waals surface area (Å²) >= 11 is 0. The van der Waals surface area contributed by atoms with Gasteiger partial charge in [0, 0.05) is 26.7 Å². The zero-order valence-corrected chi connectivity index (χ0v) is 14.0. The molecule has 1 saturated heterocycles. The number of hydrogen-bond acceptors (Lipinski definition) is 5. The second kappa shape index (κ2) is 6.80. The highest BCUT2D eigenvalue weighted by molar-refractivity contribution is 7.89. The van der Waals surface area contributed by atoms with Crippen LogP contribution in [0.5, 0.6) is 0 Å². The fourth-order valence-corrected chi connectivity index (χ4v) is 3.51. The number of carbonyl (C=O) groups excluding carboxylic acids is 1. The van der Waals surface area contributed by atoms with E-state index in [1.165, 1.54) is 27.1 Å². The van der Waals surface area contributed by atoms with Crippen LogP contribution in [0, 0.1) is 12.8 Å². The topological polar surface area (TPSA) is 91.6 Å². The molecule has 1 aromatic rings. The molecule has 0 aliphatic carbocycles. The van der Waals surface area contributed by atoms with Gasteiger partial charge in [-0.3, -0.25) is 4.79 Å². The Kier molecular flexibility index (Phi) is 5.25. The third-order valence-corrected chi connectivity index (χ3v) is 5.73. The number of amides is 1. The molecule has 1 aliphatic rings. The monoisotopic (exact) mass is 329 g/mol. The van der Waals surface area contributed by atoms with Gasteiger partial charge in [0.2, 0.25) is 10.0 Å². The fourth-order valence-electron chi connectivity index (χ4n) is 2.45. The van der Waals surface area contributed by atoms with Crippen molar-refractivity contribution in [3.63, 3.8) is 0 Å². The van der Waals surface area contributed by atoms with Crippen molar-refractivity contribution < 1.29 is 17.6 Å². The second-order valence-corrected chi connectivity index (χ2v) is 7.86. The Hall–Kier alpha value is -1.38. The first-order chi connectivity index (χ1) is 10.3. The highest BCUT2D eigenvalue weighted by atomic mass is 32.2. The summed E-state index contributed by atoms with van der Waals surface area (Å²) in [7, 11) is -0.722. The summed E-state index contributed by atoms with van der Waals surface area (Å²) in [6.07, 6.45) is 2.18. The van der Waals surface area contributed by atoms with E-state index >= 15 is 0 Å². The molecule has 1 atom stereocenters. The summed E-state index contributed by atoms with van der Waals surface area (Å²) in [5, 5.41) is 6.09. The van der Waals surface area contributed by atoms with Crippen molar-refractivity contribution in [3.8, 4) is 0 Å². The number of hydrogen-bond donors (Lipinski definition) is 2. The minimum atomic E-state index is -3.61. The van der Waals surface area contributed by atoms with Gasteiger partial charge in [-0.15, -0.1) is 0 Å². The Labute approximate surface area is 131 Å². The number of furan rings is 1. The first kappa shape index (κ1) is 17.0. The maximum absolute atomic E-state index is 12.1. The van der Waals surface area contributed by atoms with E-state index in [2.05, 4.69) is 10.6 Å². The van der Waals surface area contributed by atoms with E-state index in [9.17, 15) is 13.2 Å². The van der Waals surface area contributed by atoms with Crippen LogP contribution in [0.1, 0.15) is 29.2 Å². The van der Waals surface area contributed by atoms with Crippen LogP contribution in [0.4, 0.5) is 0 Å². The normalized spacial score (nSPS) is 19.4. The SMILES string of the molecule is Cc1oc(C(=O)NCC2CCCNC2)cc1S(=O)(=O)N(C)C. The molecular formula is C14H23N3O4S. The van der Waals surface area contributed by atoms with Gasteiger partial charge in [0.05, 0.1) is 0 Å². The largest absolute Gasteiger partial charge is 0.455 e. The second-order valence-electron chi connectivity index (χ2n) is 5.74. The molecule has 2 N–H and O–H groups in total. The molecule has 0 aromatic carbocycles.